The van der Waals surface area contributed by atoms with Gasteiger partial charge in [-0.15, -0.1) is 0 Å². The molecule has 1 atom stereocenters. The van der Waals surface area contributed by atoms with Gasteiger partial charge in [-0.05, 0) is 35.7 Å². The lowest BCUT2D eigenvalue weighted by atomic mass is 10.0. The molecule has 0 bridgehead atoms. The lowest BCUT2D eigenvalue weighted by molar-refractivity contribution is 0.445. The Balaban J connectivity index is 2.28. The van der Waals surface area contributed by atoms with Gasteiger partial charge in [-0.2, -0.15) is 0 Å². The maximum Gasteiger partial charge on any atom is 0.194 e. The van der Waals surface area contributed by atoms with Crippen LogP contribution in [0.5, 0.6) is 0 Å². The molecule has 0 saturated heterocycles. The molecule has 0 aliphatic heterocycles. The van der Waals surface area contributed by atoms with Crippen LogP contribution in [0.15, 0.2) is 30.3 Å². The first kappa shape index (κ1) is 15.0. The molecule has 0 spiro atoms. The summed E-state index contributed by atoms with van der Waals surface area (Å²) in [6, 6.07) is 5.30. The summed E-state index contributed by atoms with van der Waals surface area (Å²) in [6.45, 7) is 0. The van der Waals surface area contributed by atoms with E-state index in [-0.39, 0.29) is 17.5 Å². The smallest absolute Gasteiger partial charge is 0.194 e. The number of benzene rings is 2. The summed E-state index contributed by atoms with van der Waals surface area (Å²) in [5, 5.41) is 0. The lowest BCUT2D eigenvalue weighted by Crippen LogP contribution is -2.02. The second kappa shape index (κ2) is 5.91. The van der Waals surface area contributed by atoms with Crippen LogP contribution in [0.2, 0.25) is 0 Å². The average molecular weight is 351 g/mol. The highest BCUT2D eigenvalue weighted by molar-refractivity contribution is 9.09. The van der Waals surface area contributed by atoms with E-state index in [0.717, 1.165) is 18.2 Å². The van der Waals surface area contributed by atoms with Gasteiger partial charge in [-0.3, -0.25) is 0 Å². The third-order valence-corrected chi connectivity index (χ3v) is 3.65. The molecule has 1 unspecified atom stereocenters. The van der Waals surface area contributed by atoms with Crippen LogP contribution in [0.4, 0.5) is 22.0 Å². The van der Waals surface area contributed by atoms with Gasteiger partial charge in [0, 0.05) is 4.83 Å². The molecule has 2 rings (SSSR count). The maximum absolute atomic E-state index is 13.5. The van der Waals surface area contributed by atoms with Gasteiger partial charge >= 0.3 is 0 Å². The summed E-state index contributed by atoms with van der Waals surface area (Å²) in [5.74, 6) is -6.24. The Morgan fingerprint density at radius 3 is 2.05 bits per heavy atom. The van der Waals surface area contributed by atoms with Crippen molar-refractivity contribution in [3.63, 3.8) is 0 Å². The van der Waals surface area contributed by atoms with Crippen LogP contribution in [0.3, 0.4) is 0 Å². The highest BCUT2D eigenvalue weighted by atomic mass is 79.9. The summed E-state index contributed by atoms with van der Waals surface area (Å²) in [4.78, 5) is -0.677. The summed E-state index contributed by atoms with van der Waals surface area (Å²) < 4.78 is 65.6. The number of alkyl halides is 1. The van der Waals surface area contributed by atoms with E-state index in [9.17, 15) is 22.0 Å². The molecule has 0 aliphatic rings. The molecular weight excluding hydrogens is 343 g/mol. The van der Waals surface area contributed by atoms with Gasteiger partial charge < -0.3 is 0 Å². The molecule has 20 heavy (non-hydrogen) atoms. The molecule has 0 fully saturated rings. The van der Waals surface area contributed by atoms with E-state index < -0.39 is 33.9 Å². The Hall–Kier alpha value is -1.43. The van der Waals surface area contributed by atoms with E-state index in [1.54, 1.807) is 0 Å². The zero-order valence-corrected chi connectivity index (χ0v) is 11.5. The van der Waals surface area contributed by atoms with Crippen molar-refractivity contribution in [3.05, 3.63) is 70.5 Å². The second-order valence-electron chi connectivity index (χ2n) is 4.18. The van der Waals surface area contributed by atoms with Crippen molar-refractivity contribution in [3.8, 4) is 0 Å². The van der Waals surface area contributed by atoms with E-state index in [0.29, 0.717) is 0 Å². The standard InChI is InChI=1S/C14H8BrF5/c15-9(4-7-2-1-3-10(16)13(7)19)8-5-11(17)14(20)12(18)6-8/h1-3,5-6,9H,4H2. The Labute approximate surface area is 120 Å². The summed E-state index contributed by atoms with van der Waals surface area (Å²) >= 11 is 3.13. The highest BCUT2D eigenvalue weighted by Gasteiger charge is 2.18. The molecule has 2 aromatic rings. The first-order valence-electron chi connectivity index (χ1n) is 5.61. The summed E-state index contributed by atoms with van der Waals surface area (Å²) in [5.41, 5.74) is 0.155. The van der Waals surface area contributed by atoms with Crippen molar-refractivity contribution >= 4 is 15.9 Å². The first-order chi connectivity index (χ1) is 9.40. The SMILES string of the molecule is Fc1cc(C(Br)Cc2cccc(F)c2F)cc(F)c1F. The Morgan fingerprint density at radius 1 is 0.850 bits per heavy atom. The normalized spacial score (nSPS) is 12.5. The van der Waals surface area contributed by atoms with Crippen LogP contribution in [0.1, 0.15) is 16.0 Å². The van der Waals surface area contributed by atoms with E-state index in [4.69, 9.17) is 0 Å². The van der Waals surface area contributed by atoms with Gasteiger partial charge in [-0.25, -0.2) is 22.0 Å². The monoisotopic (exact) mass is 350 g/mol. The lowest BCUT2D eigenvalue weighted by Gasteiger charge is -2.12. The van der Waals surface area contributed by atoms with Crippen LogP contribution in [-0.4, -0.2) is 0 Å². The van der Waals surface area contributed by atoms with Gasteiger partial charge in [0.05, 0.1) is 0 Å². The van der Waals surface area contributed by atoms with Crippen molar-refractivity contribution in [2.24, 2.45) is 0 Å². The number of hydrogen-bond donors (Lipinski definition) is 0. The van der Waals surface area contributed by atoms with E-state index in [1.165, 1.54) is 12.1 Å². The zero-order chi connectivity index (χ0) is 14.9. The summed E-state index contributed by atoms with van der Waals surface area (Å²) in [7, 11) is 0. The molecular formula is C14H8BrF5. The predicted octanol–water partition coefficient (Wildman–Crippen LogP) is 5.06. The fraction of sp³-hybridized carbons (Fsp3) is 0.143. The van der Waals surface area contributed by atoms with Crippen molar-refractivity contribution < 1.29 is 22.0 Å². The van der Waals surface area contributed by atoms with Crippen molar-refractivity contribution in [1.82, 2.24) is 0 Å². The molecule has 0 heterocycles. The zero-order valence-electron chi connectivity index (χ0n) is 9.94. The third-order valence-electron chi connectivity index (χ3n) is 2.80. The minimum absolute atomic E-state index is 0.0336. The third kappa shape index (κ3) is 3.00. The Bertz CT molecular complexity index is 618. The molecule has 0 radical (unpaired) electrons. The van der Waals surface area contributed by atoms with Crippen LogP contribution < -0.4 is 0 Å². The predicted molar refractivity (Wildman–Crippen MR) is 68.0 cm³/mol. The quantitative estimate of drug-likeness (QED) is 0.412. The van der Waals surface area contributed by atoms with Crippen molar-refractivity contribution in [1.29, 1.82) is 0 Å². The van der Waals surface area contributed by atoms with Gasteiger partial charge in [0.25, 0.3) is 0 Å². The molecule has 0 aliphatic carbocycles. The maximum atomic E-state index is 13.5. The van der Waals surface area contributed by atoms with E-state index in [2.05, 4.69) is 15.9 Å². The van der Waals surface area contributed by atoms with Crippen molar-refractivity contribution in [2.45, 2.75) is 11.2 Å². The Kier molecular flexibility index (Phi) is 4.42. The number of hydrogen-bond acceptors (Lipinski definition) is 0. The molecule has 2 aromatic carbocycles. The van der Waals surface area contributed by atoms with Crippen LogP contribution in [0.25, 0.3) is 0 Å². The minimum Gasteiger partial charge on any atom is -0.204 e. The topological polar surface area (TPSA) is 0 Å². The second-order valence-corrected chi connectivity index (χ2v) is 5.29. The molecule has 0 aromatic heterocycles. The van der Waals surface area contributed by atoms with Gasteiger partial charge in [0.15, 0.2) is 29.1 Å². The molecule has 6 heteroatoms. The average Bonchev–Trinajstić information content (AvgIpc) is 2.40. The molecule has 0 nitrogen and oxygen atoms in total. The molecule has 0 N–H and O–H groups in total. The Morgan fingerprint density at radius 2 is 1.45 bits per heavy atom. The number of rotatable bonds is 3. The van der Waals surface area contributed by atoms with E-state index in [1.807, 2.05) is 0 Å². The molecule has 106 valence electrons. The van der Waals surface area contributed by atoms with Gasteiger partial charge in [-0.1, -0.05) is 28.1 Å². The first-order valence-corrected chi connectivity index (χ1v) is 6.53. The van der Waals surface area contributed by atoms with Gasteiger partial charge in [0.1, 0.15) is 0 Å². The molecule has 0 amide bonds. The number of halogens is 6. The molecule has 0 saturated carbocycles. The van der Waals surface area contributed by atoms with Crippen LogP contribution in [-0.2, 0) is 6.42 Å². The fourth-order valence-corrected chi connectivity index (χ4v) is 2.39. The summed E-state index contributed by atoms with van der Waals surface area (Å²) in [6.07, 6.45) is -0.0336. The largest absolute Gasteiger partial charge is 0.204 e. The fourth-order valence-electron chi connectivity index (χ4n) is 1.77. The van der Waals surface area contributed by atoms with Gasteiger partial charge in [0.2, 0.25) is 0 Å². The van der Waals surface area contributed by atoms with Crippen LogP contribution in [0, 0.1) is 29.1 Å². The van der Waals surface area contributed by atoms with Crippen molar-refractivity contribution in [2.75, 3.05) is 0 Å². The minimum atomic E-state index is -1.56. The van der Waals surface area contributed by atoms with E-state index >= 15 is 0 Å². The highest BCUT2D eigenvalue weighted by Crippen LogP contribution is 2.30. The van der Waals surface area contributed by atoms with Crippen LogP contribution >= 0.6 is 15.9 Å².